The van der Waals surface area contributed by atoms with E-state index < -0.39 is 0 Å². The second-order valence-corrected chi connectivity index (χ2v) is 5.45. The zero-order chi connectivity index (χ0) is 13.0. The van der Waals surface area contributed by atoms with Gasteiger partial charge in [-0.25, -0.2) is 0 Å². The van der Waals surface area contributed by atoms with Crippen LogP contribution in [0.1, 0.15) is 19.3 Å². The first-order valence-corrected chi connectivity index (χ1v) is 7.00. The molecule has 1 heterocycles. The smallest absolute Gasteiger partial charge is 0.279 e. The van der Waals surface area contributed by atoms with Crippen LogP contribution in [-0.4, -0.2) is 25.5 Å². The number of rotatable bonds is 3. The van der Waals surface area contributed by atoms with Crippen LogP contribution in [0.5, 0.6) is 0 Å². The van der Waals surface area contributed by atoms with Gasteiger partial charge in [-0.2, -0.15) is 0 Å². The normalized spacial score (nSPS) is 16.6. The van der Waals surface area contributed by atoms with Crippen molar-refractivity contribution in [3.63, 3.8) is 0 Å². The lowest BCUT2D eigenvalue weighted by molar-refractivity contribution is -0.896. The molecule has 3 nitrogen and oxygen atoms in total. The molecule has 2 rings (SSSR count). The molecular weight excluding hydrogens is 271 g/mol. The van der Waals surface area contributed by atoms with E-state index in [1.54, 1.807) is 18.2 Å². The summed E-state index contributed by atoms with van der Waals surface area (Å²) in [6.07, 6.45) is 3.69. The maximum absolute atomic E-state index is 11.9. The molecule has 0 unspecified atom stereocenters. The van der Waals surface area contributed by atoms with E-state index in [1.807, 2.05) is 0 Å². The summed E-state index contributed by atoms with van der Waals surface area (Å²) in [5.41, 5.74) is 0.516. The molecule has 1 saturated heterocycles. The Balaban J connectivity index is 1.94. The molecule has 2 N–H and O–H groups in total. The number of hydrogen-bond donors (Lipinski definition) is 2. The molecule has 1 aliphatic heterocycles. The maximum Gasteiger partial charge on any atom is 0.279 e. The van der Waals surface area contributed by atoms with Crippen LogP contribution in [0.25, 0.3) is 0 Å². The Morgan fingerprint density at radius 2 is 1.78 bits per heavy atom. The van der Waals surface area contributed by atoms with Crippen molar-refractivity contribution in [3.8, 4) is 0 Å². The molecule has 1 aliphatic rings. The van der Waals surface area contributed by atoms with Crippen molar-refractivity contribution in [2.45, 2.75) is 19.3 Å². The van der Waals surface area contributed by atoms with Crippen LogP contribution < -0.4 is 10.2 Å². The number of nitrogens with one attached hydrogen (secondary N) is 2. The van der Waals surface area contributed by atoms with Crippen molar-refractivity contribution in [1.82, 2.24) is 0 Å². The lowest BCUT2D eigenvalue weighted by atomic mass is 10.1. The topological polar surface area (TPSA) is 33.5 Å². The highest BCUT2D eigenvalue weighted by Gasteiger charge is 2.18. The van der Waals surface area contributed by atoms with Crippen LogP contribution in [0.15, 0.2) is 18.2 Å². The first kappa shape index (κ1) is 13.7. The lowest BCUT2D eigenvalue weighted by Gasteiger charge is -2.23. The van der Waals surface area contributed by atoms with E-state index in [0.29, 0.717) is 22.3 Å². The van der Waals surface area contributed by atoms with Gasteiger partial charge in [0.15, 0.2) is 6.54 Å². The van der Waals surface area contributed by atoms with Gasteiger partial charge in [0.25, 0.3) is 5.91 Å². The summed E-state index contributed by atoms with van der Waals surface area (Å²) in [7, 11) is 0. The average molecular weight is 288 g/mol. The Bertz CT molecular complexity index is 411. The van der Waals surface area contributed by atoms with Gasteiger partial charge in [0, 0.05) is 0 Å². The molecule has 1 amide bonds. The summed E-state index contributed by atoms with van der Waals surface area (Å²) < 4.78 is 0. The number of amides is 1. The van der Waals surface area contributed by atoms with Gasteiger partial charge in [0.2, 0.25) is 0 Å². The molecular formula is C13H17Cl2N2O+. The van der Waals surface area contributed by atoms with Gasteiger partial charge in [-0.15, -0.1) is 0 Å². The molecule has 1 fully saturated rings. The van der Waals surface area contributed by atoms with Crippen LogP contribution in [0.3, 0.4) is 0 Å². The van der Waals surface area contributed by atoms with Gasteiger partial charge >= 0.3 is 0 Å². The third kappa shape index (κ3) is 3.61. The molecule has 0 saturated carbocycles. The van der Waals surface area contributed by atoms with E-state index in [1.165, 1.54) is 24.2 Å². The quantitative estimate of drug-likeness (QED) is 0.876. The molecule has 0 bridgehead atoms. The average Bonchev–Trinajstić information content (AvgIpc) is 2.35. The minimum absolute atomic E-state index is 0.0260. The van der Waals surface area contributed by atoms with Crippen LogP contribution in [-0.2, 0) is 4.79 Å². The third-order valence-corrected chi connectivity index (χ3v) is 3.83. The molecule has 0 aliphatic carbocycles. The molecule has 0 radical (unpaired) electrons. The maximum atomic E-state index is 11.9. The van der Waals surface area contributed by atoms with Gasteiger partial charge in [0.1, 0.15) is 0 Å². The lowest BCUT2D eigenvalue weighted by Crippen LogP contribution is -3.13. The van der Waals surface area contributed by atoms with E-state index in [2.05, 4.69) is 5.32 Å². The fraction of sp³-hybridized carbons (Fsp3) is 0.462. The standard InChI is InChI=1S/C13H16Cl2N2O/c14-10-5-4-6-11(15)13(10)16-12(18)9-17-7-2-1-3-8-17/h4-6H,1-3,7-9H2,(H,16,18)/p+1. The molecule has 18 heavy (non-hydrogen) atoms. The summed E-state index contributed by atoms with van der Waals surface area (Å²) in [4.78, 5) is 13.3. The summed E-state index contributed by atoms with van der Waals surface area (Å²) in [6.45, 7) is 2.63. The molecule has 0 aromatic heterocycles. The molecule has 98 valence electrons. The highest BCUT2D eigenvalue weighted by Crippen LogP contribution is 2.29. The van der Waals surface area contributed by atoms with Crippen molar-refractivity contribution in [2.24, 2.45) is 0 Å². The Morgan fingerprint density at radius 3 is 2.39 bits per heavy atom. The number of piperidine rings is 1. The molecule has 1 aromatic carbocycles. The van der Waals surface area contributed by atoms with Crippen LogP contribution >= 0.6 is 23.2 Å². The first-order valence-electron chi connectivity index (χ1n) is 6.24. The number of halogens is 2. The highest BCUT2D eigenvalue weighted by atomic mass is 35.5. The largest absolute Gasteiger partial charge is 0.327 e. The number of hydrogen-bond acceptors (Lipinski definition) is 1. The fourth-order valence-corrected chi connectivity index (χ4v) is 2.75. The summed E-state index contributed by atoms with van der Waals surface area (Å²) >= 11 is 12.0. The number of quaternary nitrogens is 1. The molecule has 0 spiro atoms. The summed E-state index contributed by atoms with van der Waals surface area (Å²) in [6, 6.07) is 5.20. The van der Waals surface area contributed by atoms with Crippen LogP contribution in [0.2, 0.25) is 10.0 Å². The second-order valence-electron chi connectivity index (χ2n) is 4.63. The Labute approximate surface area is 117 Å². The van der Waals surface area contributed by atoms with Crippen LogP contribution in [0, 0.1) is 0 Å². The summed E-state index contributed by atoms with van der Waals surface area (Å²) in [5.74, 6) is -0.0260. The zero-order valence-corrected chi connectivity index (χ0v) is 11.7. The Morgan fingerprint density at radius 1 is 1.17 bits per heavy atom. The highest BCUT2D eigenvalue weighted by molar-refractivity contribution is 6.39. The van der Waals surface area contributed by atoms with Gasteiger partial charge in [-0.3, -0.25) is 4.79 Å². The van der Waals surface area contributed by atoms with Crippen LogP contribution in [0.4, 0.5) is 5.69 Å². The number of carbonyl (C=O) groups is 1. The van der Waals surface area contributed by atoms with E-state index in [4.69, 9.17) is 23.2 Å². The third-order valence-electron chi connectivity index (χ3n) is 3.20. The SMILES string of the molecule is O=C(C[NH+]1CCCCC1)Nc1c(Cl)cccc1Cl. The van der Waals surface area contributed by atoms with E-state index in [9.17, 15) is 4.79 Å². The number of para-hydroxylation sites is 1. The predicted octanol–water partition coefficient (Wildman–Crippen LogP) is 2.00. The predicted molar refractivity (Wildman–Crippen MR) is 74.5 cm³/mol. The first-order chi connectivity index (χ1) is 8.66. The number of anilines is 1. The van der Waals surface area contributed by atoms with Gasteiger partial charge in [-0.1, -0.05) is 29.3 Å². The van der Waals surface area contributed by atoms with Crippen molar-refractivity contribution in [3.05, 3.63) is 28.2 Å². The minimum Gasteiger partial charge on any atom is -0.327 e. The number of likely N-dealkylation sites (tertiary alicyclic amines) is 1. The molecule has 1 aromatic rings. The van der Waals surface area contributed by atoms with Gasteiger partial charge in [-0.05, 0) is 31.4 Å². The molecule has 5 heteroatoms. The number of carbonyl (C=O) groups excluding carboxylic acids is 1. The fourth-order valence-electron chi connectivity index (χ4n) is 2.26. The Kier molecular flexibility index (Phi) is 4.87. The minimum atomic E-state index is -0.0260. The monoisotopic (exact) mass is 287 g/mol. The van der Waals surface area contributed by atoms with Gasteiger partial charge in [0.05, 0.1) is 28.8 Å². The van der Waals surface area contributed by atoms with Crippen molar-refractivity contribution >= 4 is 34.8 Å². The van der Waals surface area contributed by atoms with Crippen molar-refractivity contribution < 1.29 is 9.69 Å². The zero-order valence-electron chi connectivity index (χ0n) is 10.1. The van der Waals surface area contributed by atoms with Gasteiger partial charge < -0.3 is 10.2 Å². The molecule has 0 atom stereocenters. The van der Waals surface area contributed by atoms with Crippen molar-refractivity contribution in [1.29, 1.82) is 0 Å². The Hall–Kier alpha value is -0.770. The van der Waals surface area contributed by atoms with E-state index >= 15 is 0 Å². The van der Waals surface area contributed by atoms with E-state index in [-0.39, 0.29) is 5.91 Å². The number of benzene rings is 1. The summed E-state index contributed by atoms with van der Waals surface area (Å²) in [5, 5.41) is 3.75. The van der Waals surface area contributed by atoms with E-state index in [0.717, 1.165) is 13.1 Å². The second kappa shape index (κ2) is 6.41. The van der Waals surface area contributed by atoms with Crippen molar-refractivity contribution in [2.75, 3.05) is 25.0 Å².